The van der Waals surface area contributed by atoms with Gasteiger partial charge in [-0.05, 0) is 43.2 Å². The number of hydrogen-bond acceptors (Lipinski definition) is 4. The third-order valence-corrected chi connectivity index (χ3v) is 4.37. The van der Waals surface area contributed by atoms with Gasteiger partial charge in [-0.3, -0.25) is 0 Å². The molecular formula is C20H21N3O3. The maximum Gasteiger partial charge on any atom is 0.321 e. The van der Waals surface area contributed by atoms with Crippen LogP contribution in [0.5, 0.6) is 5.75 Å². The van der Waals surface area contributed by atoms with Crippen molar-refractivity contribution in [2.24, 2.45) is 0 Å². The summed E-state index contributed by atoms with van der Waals surface area (Å²) in [5.74, 6) is 2.07. The molecule has 0 atom stereocenters. The Kier molecular flexibility index (Phi) is 4.48. The van der Waals surface area contributed by atoms with Gasteiger partial charge in [0.2, 0.25) is 0 Å². The number of amides is 2. The quantitative estimate of drug-likeness (QED) is 0.721. The van der Waals surface area contributed by atoms with Gasteiger partial charge in [0.25, 0.3) is 0 Å². The van der Waals surface area contributed by atoms with Crippen molar-refractivity contribution in [2.75, 3.05) is 25.5 Å². The number of anilines is 1. The Bertz CT molecular complexity index is 903. The number of carbonyl (C=O) groups is 1. The summed E-state index contributed by atoms with van der Waals surface area (Å²) >= 11 is 0. The number of benzene rings is 2. The van der Waals surface area contributed by atoms with E-state index in [9.17, 15) is 4.79 Å². The molecule has 0 saturated heterocycles. The van der Waals surface area contributed by atoms with Crippen molar-refractivity contribution in [3.63, 3.8) is 0 Å². The van der Waals surface area contributed by atoms with Crippen LogP contribution in [0.1, 0.15) is 24.7 Å². The fourth-order valence-corrected chi connectivity index (χ4v) is 2.67. The number of aromatic nitrogens is 1. The topological polar surface area (TPSA) is 67.6 Å². The number of nitrogens with one attached hydrogen (secondary N) is 1. The summed E-state index contributed by atoms with van der Waals surface area (Å²) in [6.45, 7) is 0.916. The zero-order valence-corrected chi connectivity index (χ0v) is 14.6. The molecule has 0 radical (unpaired) electrons. The van der Waals surface area contributed by atoms with Gasteiger partial charge in [0.05, 0.1) is 6.54 Å². The zero-order valence-electron chi connectivity index (χ0n) is 14.6. The van der Waals surface area contributed by atoms with Crippen molar-refractivity contribution in [2.45, 2.75) is 18.8 Å². The Morgan fingerprint density at radius 1 is 1.27 bits per heavy atom. The second-order valence-electron chi connectivity index (χ2n) is 6.52. The monoisotopic (exact) mass is 351 g/mol. The third-order valence-electron chi connectivity index (χ3n) is 4.37. The number of ether oxygens (including phenoxy) is 1. The van der Waals surface area contributed by atoms with E-state index in [-0.39, 0.29) is 6.03 Å². The minimum atomic E-state index is -0.188. The van der Waals surface area contributed by atoms with E-state index in [1.165, 1.54) is 0 Å². The lowest BCUT2D eigenvalue weighted by molar-refractivity contribution is 0.207. The molecule has 1 aromatic heterocycles. The molecule has 1 heterocycles. The minimum absolute atomic E-state index is 0.188. The molecule has 0 bridgehead atoms. The van der Waals surface area contributed by atoms with Crippen LogP contribution in [-0.4, -0.2) is 36.1 Å². The molecular weight excluding hydrogens is 330 g/mol. The molecule has 2 aromatic carbocycles. The third kappa shape index (κ3) is 3.79. The largest absolute Gasteiger partial charge is 0.492 e. The van der Waals surface area contributed by atoms with Crippen LogP contribution in [-0.2, 0) is 0 Å². The molecule has 0 spiro atoms. The number of likely N-dealkylation sites (N-methyl/N-ethyl adjacent to an activating group) is 1. The number of urea groups is 1. The average Bonchev–Trinajstić information content (AvgIpc) is 3.42. The van der Waals surface area contributed by atoms with Gasteiger partial charge in [0, 0.05) is 18.7 Å². The SMILES string of the molecule is CN(CCOc1ccccc1)C(=O)Nc1ccc2oc(C3CC3)nc2c1. The van der Waals surface area contributed by atoms with Crippen LogP contribution >= 0.6 is 0 Å². The van der Waals surface area contributed by atoms with Gasteiger partial charge in [0.1, 0.15) is 17.9 Å². The Morgan fingerprint density at radius 3 is 2.85 bits per heavy atom. The summed E-state index contributed by atoms with van der Waals surface area (Å²) < 4.78 is 11.4. The zero-order chi connectivity index (χ0) is 17.9. The van der Waals surface area contributed by atoms with Crippen LogP contribution in [0.2, 0.25) is 0 Å². The van der Waals surface area contributed by atoms with E-state index in [0.717, 1.165) is 35.6 Å². The number of para-hydroxylation sites is 1. The number of rotatable bonds is 6. The first kappa shape index (κ1) is 16.4. The summed E-state index contributed by atoms with van der Waals surface area (Å²) in [7, 11) is 1.74. The Balaban J connectivity index is 1.32. The summed E-state index contributed by atoms with van der Waals surface area (Å²) in [5, 5.41) is 2.89. The number of oxazole rings is 1. The van der Waals surface area contributed by atoms with Crippen LogP contribution < -0.4 is 10.1 Å². The fraction of sp³-hybridized carbons (Fsp3) is 0.300. The standard InChI is InChI=1S/C20H21N3O3/c1-23(11-12-25-16-5-3-2-4-6-16)20(24)21-15-9-10-18-17(13-15)22-19(26-18)14-7-8-14/h2-6,9-10,13-14H,7-8,11-12H2,1H3,(H,21,24). The van der Waals surface area contributed by atoms with Gasteiger partial charge in [-0.1, -0.05) is 18.2 Å². The van der Waals surface area contributed by atoms with Gasteiger partial charge in [-0.25, -0.2) is 9.78 Å². The highest BCUT2D eigenvalue weighted by Gasteiger charge is 2.28. The molecule has 1 aliphatic rings. The maximum atomic E-state index is 12.3. The highest BCUT2D eigenvalue weighted by Crippen LogP contribution is 2.40. The summed E-state index contributed by atoms with van der Waals surface area (Å²) in [6, 6.07) is 14.9. The van der Waals surface area contributed by atoms with Gasteiger partial charge in [-0.2, -0.15) is 0 Å². The molecule has 6 heteroatoms. The normalized spacial score (nSPS) is 13.6. The average molecular weight is 351 g/mol. The molecule has 6 nitrogen and oxygen atoms in total. The van der Waals surface area contributed by atoms with Crippen LogP contribution in [0.25, 0.3) is 11.1 Å². The van der Waals surface area contributed by atoms with Gasteiger partial charge in [0.15, 0.2) is 11.5 Å². The van der Waals surface area contributed by atoms with Crippen molar-refractivity contribution in [3.05, 3.63) is 54.4 Å². The van der Waals surface area contributed by atoms with E-state index in [0.29, 0.717) is 24.8 Å². The molecule has 0 aliphatic heterocycles. The van der Waals surface area contributed by atoms with Crippen molar-refractivity contribution >= 4 is 22.8 Å². The Morgan fingerprint density at radius 2 is 2.08 bits per heavy atom. The molecule has 1 saturated carbocycles. The van der Waals surface area contributed by atoms with Crippen molar-refractivity contribution in [3.8, 4) is 5.75 Å². The molecule has 134 valence electrons. The van der Waals surface area contributed by atoms with Crippen molar-refractivity contribution in [1.29, 1.82) is 0 Å². The fourth-order valence-electron chi connectivity index (χ4n) is 2.67. The first-order chi connectivity index (χ1) is 12.7. The van der Waals surface area contributed by atoms with Crippen molar-refractivity contribution < 1.29 is 13.9 Å². The van der Waals surface area contributed by atoms with Crippen LogP contribution in [0.15, 0.2) is 52.9 Å². The maximum absolute atomic E-state index is 12.3. The lowest BCUT2D eigenvalue weighted by atomic mass is 10.3. The summed E-state index contributed by atoms with van der Waals surface area (Å²) in [6.07, 6.45) is 2.29. The molecule has 0 unspecified atom stereocenters. The highest BCUT2D eigenvalue weighted by molar-refractivity contribution is 5.91. The Labute approximate surface area is 151 Å². The van der Waals surface area contributed by atoms with Crippen LogP contribution in [0, 0.1) is 0 Å². The van der Waals surface area contributed by atoms with Gasteiger partial charge >= 0.3 is 6.03 Å². The number of fused-ring (bicyclic) bond motifs is 1. The second kappa shape index (κ2) is 7.07. The van der Waals surface area contributed by atoms with Crippen molar-refractivity contribution in [1.82, 2.24) is 9.88 Å². The van der Waals surface area contributed by atoms with E-state index in [4.69, 9.17) is 9.15 Å². The van der Waals surface area contributed by atoms with E-state index < -0.39 is 0 Å². The van der Waals surface area contributed by atoms with E-state index in [2.05, 4.69) is 10.3 Å². The van der Waals surface area contributed by atoms with E-state index >= 15 is 0 Å². The number of hydrogen-bond donors (Lipinski definition) is 1. The molecule has 4 rings (SSSR count). The number of carbonyl (C=O) groups excluding carboxylic acids is 1. The summed E-state index contributed by atoms with van der Waals surface area (Å²) in [4.78, 5) is 18.4. The minimum Gasteiger partial charge on any atom is -0.492 e. The van der Waals surface area contributed by atoms with Gasteiger partial charge in [-0.15, -0.1) is 0 Å². The smallest absolute Gasteiger partial charge is 0.321 e. The lowest BCUT2D eigenvalue weighted by Crippen LogP contribution is -2.34. The molecule has 26 heavy (non-hydrogen) atoms. The first-order valence-corrected chi connectivity index (χ1v) is 8.79. The number of nitrogens with zero attached hydrogens (tertiary/aromatic N) is 2. The van der Waals surface area contributed by atoms with Crippen LogP contribution in [0.3, 0.4) is 0 Å². The summed E-state index contributed by atoms with van der Waals surface area (Å²) in [5.41, 5.74) is 2.24. The predicted octanol–water partition coefficient (Wildman–Crippen LogP) is 4.25. The highest BCUT2D eigenvalue weighted by atomic mass is 16.5. The van der Waals surface area contributed by atoms with Gasteiger partial charge < -0.3 is 19.4 Å². The second-order valence-corrected chi connectivity index (χ2v) is 6.52. The molecule has 1 N–H and O–H groups in total. The first-order valence-electron chi connectivity index (χ1n) is 8.79. The molecule has 3 aromatic rings. The van der Waals surface area contributed by atoms with Crippen LogP contribution in [0.4, 0.5) is 10.5 Å². The molecule has 1 fully saturated rings. The lowest BCUT2D eigenvalue weighted by Gasteiger charge is -2.18. The molecule has 2 amide bonds. The molecule has 1 aliphatic carbocycles. The van der Waals surface area contributed by atoms with E-state index in [1.54, 1.807) is 11.9 Å². The van der Waals surface area contributed by atoms with E-state index in [1.807, 2.05) is 48.5 Å². The predicted molar refractivity (Wildman–Crippen MR) is 99.6 cm³/mol. The Hall–Kier alpha value is -3.02.